The standard InChI is InChI=1S/C23H27NO5/c1-15(2)23(17-6-9-19-21(13-17)29-12-11-28-19)24-22(25)10-7-16-5-8-18(26-3)14-20(16)27-4/h5-10,13-15,23H,11-12H2,1-4H3,(H,24,25)/b10-7+/t23-/m0/s1. The predicted molar refractivity (Wildman–Crippen MR) is 112 cm³/mol. The van der Waals surface area contributed by atoms with E-state index in [0.29, 0.717) is 30.5 Å². The maximum absolute atomic E-state index is 12.6. The molecule has 0 fully saturated rings. The van der Waals surface area contributed by atoms with E-state index < -0.39 is 0 Å². The van der Waals surface area contributed by atoms with Crippen molar-refractivity contribution in [3.05, 3.63) is 53.6 Å². The highest BCUT2D eigenvalue weighted by molar-refractivity contribution is 5.92. The Balaban J connectivity index is 1.74. The van der Waals surface area contributed by atoms with Crippen molar-refractivity contribution in [2.24, 2.45) is 5.92 Å². The number of fused-ring (bicyclic) bond motifs is 1. The van der Waals surface area contributed by atoms with E-state index in [0.717, 1.165) is 16.9 Å². The Kier molecular flexibility index (Phi) is 6.65. The monoisotopic (exact) mass is 397 g/mol. The third kappa shape index (κ3) is 5.02. The van der Waals surface area contributed by atoms with Crippen LogP contribution >= 0.6 is 0 Å². The average molecular weight is 397 g/mol. The summed E-state index contributed by atoms with van der Waals surface area (Å²) >= 11 is 0. The van der Waals surface area contributed by atoms with Crippen molar-refractivity contribution in [2.75, 3.05) is 27.4 Å². The molecule has 1 atom stereocenters. The fourth-order valence-corrected chi connectivity index (χ4v) is 3.21. The summed E-state index contributed by atoms with van der Waals surface area (Å²) < 4.78 is 21.8. The highest BCUT2D eigenvalue weighted by atomic mass is 16.6. The van der Waals surface area contributed by atoms with Crippen molar-refractivity contribution in [3.63, 3.8) is 0 Å². The number of hydrogen-bond donors (Lipinski definition) is 1. The van der Waals surface area contributed by atoms with Gasteiger partial charge in [0.15, 0.2) is 11.5 Å². The number of methoxy groups -OCH3 is 2. The average Bonchev–Trinajstić information content (AvgIpc) is 2.75. The van der Waals surface area contributed by atoms with Crippen molar-refractivity contribution in [2.45, 2.75) is 19.9 Å². The van der Waals surface area contributed by atoms with Crippen LogP contribution in [0.4, 0.5) is 0 Å². The van der Waals surface area contributed by atoms with Gasteiger partial charge in [-0.1, -0.05) is 19.9 Å². The van der Waals surface area contributed by atoms with E-state index in [4.69, 9.17) is 18.9 Å². The first-order valence-corrected chi connectivity index (χ1v) is 9.62. The fourth-order valence-electron chi connectivity index (χ4n) is 3.21. The number of carbonyl (C=O) groups is 1. The molecule has 2 aromatic rings. The van der Waals surface area contributed by atoms with Crippen molar-refractivity contribution in [1.82, 2.24) is 5.32 Å². The second-order valence-electron chi connectivity index (χ2n) is 7.07. The molecule has 0 bridgehead atoms. The Hall–Kier alpha value is -3.15. The molecular weight excluding hydrogens is 370 g/mol. The van der Waals surface area contributed by atoms with Gasteiger partial charge in [-0.15, -0.1) is 0 Å². The van der Waals surface area contributed by atoms with Crippen LogP contribution in [-0.2, 0) is 4.79 Å². The van der Waals surface area contributed by atoms with Crippen LogP contribution in [0.15, 0.2) is 42.5 Å². The van der Waals surface area contributed by atoms with Gasteiger partial charge in [-0.05, 0) is 41.8 Å². The lowest BCUT2D eigenvalue weighted by molar-refractivity contribution is -0.117. The number of rotatable bonds is 7. The van der Waals surface area contributed by atoms with Crippen LogP contribution in [0, 0.1) is 5.92 Å². The van der Waals surface area contributed by atoms with Crippen molar-refractivity contribution in [3.8, 4) is 23.0 Å². The summed E-state index contributed by atoms with van der Waals surface area (Å²) in [4.78, 5) is 12.6. The number of ether oxygens (including phenoxy) is 4. The number of carbonyl (C=O) groups excluding carboxylic acids is 1. The molecule has 0 aliphatic carbocycles. The molecule has 2 aromatic carbocycles. The molecule has 1 aliphatic rings. The SMILES string of the molecule is COc1ccc(/C=C/C(=O)N[C@H](c2ccc3c(c2)OCCO3)C(C)C)c(OC)c1. The molecule has 6 heteroatoms. The first-order chi connectivity index (χ1) is 14.0. The minimum atomic E-state index is -0.184. The largest absolute Gasteiger partial charge is 0.497 e. The quantitative estimate of drug-likeness (QED) is 0.716. The lowest BCUT2D eigenvalue weighted by Crippen LogP contribution is -2.30. The maximum Gasteiger partial charge on any atom is 0.244 e. The third-order valence-corrected chi connectivity index (χ3v) is 4.74. The van der Waals surface area contributed by atoms with Gasteiger partial charge in [-0.3, -0.25) is 4.79 Å². The summed E-state index contributed by atoms with van der Waals surface area (Å²) in [5, 5.41) is 3.08. The van der Waals surface area contributed by atoms with E-state index in [-0.39, 0.29) is 17.9 Å². The Morgan fingerprint density at radius 2 is 1.79 bits per heavy atom. The van der Waals surface area contributed by atoms with Crippen molar-refractivity contribution < 1.29 is 23.7 Å². The summed E-state index contributed by atoms with van der Waals surface area (Å²) in [6.45, 7) is 5.22. The molecule has 29 heavy (non-hydrogen) atoms. The predicted octanol–water partition coefficient (Wildman–Crippen LogP) is 4.00. The van der Waals surface area contributed by atoms with E-state index in [1.54, 1.807) is 26.4 Å². The minimum Gasteiger partial charge on any atom is -0.497 e. The summed E-state index contributed by atoms with van der Waals surface area (Å²) in [5.74, 6) is 2.80. The van der Waals surface area contributed by atoms with E-state index in [1.165, 1.54) is 6.08 Å². The van der Waals surface area contributed by atoms with Crippen LogP contribution in [0.5, 0.6) is 23.0 Å². The lowest BCUT2D eigenvalue weighted by Gasteiger charge is -2.25. The van der Waals surface area contributed by atoms with E-state index in [1.807, 2.05) is 30.3 Å². The van der Waals surface area contributed by atoms with Crippen LogP contribution in [0.2, 0.25) is 0 Å². The van der Waals surface area contributed by atoms with Gasteiger partial charge in [0.05, 0.1) is 20.3 Å². The van der Waals surface area contributed by atoms with Gasteiger partial charge < -0.3 is 24.3 Å². The molecule has 0 saturated carbocycles. The molecule has 1 heterocycles. The first kappa shape index (κ1) is 20.6. The van der Waals surface area contributed by atoms with Gasteiger partial charge in [-0.2, -0.15) is 0 Å². The molecule has 154 valence electrons. The van der Waals surface area contributed by atoms with E-state index in [2.05, 4.69) is 19.2 Å². The summed E-state index contributed by atoms with van der Waals surface area (Å²) in [6.07, 6.45) is 3.24. The van der Waals surface area contributed by atoms with Crippen LogP contribution in [0.1, 0.15) is 31.0 Å². The van der Waals surface area contributed by atoms with Crippen molar-refractivity contribution >= 4 is 12.0 Å². The van der Waals surface area contributed by atoms with Crippen molar-refractivity contribution in [1.29, 1.82) is 0 Å². The van der Waals surface area contributed by atoms with Gasteiger partial charge >= 0.3 is 0 Å². The Bertz CT molecular complexity index is 891. The highest BCUT2D eigenvalue weighted by Gasteiger charge is 2.20. The summed E-state index contributed by atoms with van der Waals surface area (Å²) in [5.41, 5.74) is 1.77. The summed E-state index contributed by atoms with van der Waals surface area (Å²) in [7, 11) is 3.19. The van der Waals surface area contributed by atoms with Gasteiger partial charge in [0, 0.05) is 17.7 Å². The highest BCUT2D eigenvalue weighted by Crippen LogP contribution is 2.34. The number of amides is 1. The Labute approximate surface area is 171 Å². The van der Waals surface area contributed by atoms with Gasteiger partial charge in [0.25, 0.3) is 0 Å². The van der Waals surface area contributed by atoms with E-state index in [9.17, 15) is 4.79 Å². The minimum absolute atomic E-state index is 0.152. The number of benzene rings is 2. The molecular formula is C23H27NO5. The number of nitrogens with one attached hydrogen (secondary N) is 1. The first-order valence-electron chi connectivity index (χ1n) is 9.62. The topological polar surface area (TPSA) is 66.0 Å². The van der Waals surface area contributed by atoms with Crippen LogP contribution in [0.25, 0.3) is 6.08 Å². The van der Waals surface area contributed by atoms with Gasteiger partial charge in [0.1, 0.15) is 24.7 Å². The molecule has 0 radical (unpaired) electrons. The maximum atomic E-state index is 12.6. The molecule has 6 nitrogen and oxygen atoms in total. The zero-order valence-electron chi connectivity index (χ0n) is 17.2. The molecule has 1 N–H and O–H groups in total. The normalized spacial score (nSPS) is 14.0. The third-order valence-electron chi connectivity index (χ3n) is 4.74. The van der Waals surface area contributed by atoms with Gasteiger partial charge in [-0.25, -0.2) is 0 Å². The summed E-state index contributed by atoms with van der Waals surface area (Å²) in [6, 6.07) is 11.1. The Morgan fingerprint density at radius 3 is 2.48 bits per heavy atom. The zero-order valence-corrected chi connectivity index (χ0v) is 17.2. The molecule has 0 unspecified atom stereocenters. The van der Waals surface area contributed by atoms with E-state index >= 15 is 0 Å². The zero-order chi connectivity index (χ0) is 20.8. The van der Waals surface area contributed by atoms with Crippen LogP contribution in [-0.4, -0.2) is 33.3 Å². The smallest absolute Gasteiger partial charge is 0.244 e. The second-order valence-corrected chi connectivity index (χ2v) is 7.07. The molecule has 3 rings (SSSR count). The van der Waals surface area contributed by atoms with Crippen LogP contribution < -0.4 is 24.3 Å². The molecule has 1 amide bonds. The molecule has 0 aromatic heterocycles. The molecule has 1 aliphatic heterocycles. The van der Waals surface area contributed by atoms with Crippen LogP contribution in [0.3, 0.4) is 0 Å². The molecule has 0 spiro atoms. The van der Waals surface area contributed by atoms with Gasteiger partial charge in [0.2, 0.25) is 5.91 Å². The second kappa shape index (κ2) is 9.37. The molecule has 0 saturated heterocycles. The Morgan fingerprint density at radius 1 is 1.03 bits per heavy atom. The number of hydrogen-bond acceptors (Lipinski definition) is 5. The fraction of sp³-hybridized carbons (Fsp3) is 0.348. The lowest BCUT2D eigenvalue weighted by atomic mass is 9.95.